The molecule has 1 unspecified atom stereocenters. The zero-order chi connectivity index (χ0) is 17.4. The molecule has 3 aromatic rings. The zero-order valence-electron chi connectivity index (χ0n) is 14.1. The highest BCUT2D eigenvalue weighted by atomic mass is 32.2. The lowest BCUT2D eigenvalue weighted by Crippen LogP contribution is -2.24. The molecule has 0 spiro atoms. The van der Waals surface area contributed by atoms with E-state index in [-0.39, 0.29) is 11.2 Å². The van der Waals surface area contributed by atoms with Crippen molar-refractivity contribution in [1.82, 2.24) is 14.8 Å². The molecule has 0 saturated carbocycles. The molecule has 2 heterocycles. The van der Waals surface area contributed by atoms with E-state index in [0.29, 0.717) is 0 Å². The van der Waals surface area contributed by atoms with Crippen LogP contribution in [0.25, 0.3) is 5.69 Å². The van der Waals surface area contributed by atoms with E-state index in [4.69, 9.17) is 0 Å². The number of hydrogen-bond donors (Lipinski definition) is 1. The Kier molecular flexibility index (Phi) is 4.05. The molecular formula is C19H18N4OS. The van der Waals surface area contributed by atoms with Crippen LogP contribution in [0.3, 0.4) is 0 Å². The average molecular weight is 350 g/mol. The van der Waals surface area contributed by atoms with Crippen molar-refractivity contribution in [1.29, 1.82) is 0 Å². The van der Waals surface area contributed by atoms with E-state index in [2.05, 4.69) is 40.6 Å². The second-order valence-corrected chi connectivity index (χ2v) is 7.45. The van der Waals surface area contributed by atoms with Crippen LogP contribution in [0.4, 0.5) is 5.69 Å². The number of thioether (sulfide) groups is 1. The van der Waals surface area contributed by atoms with Gasteiger partial charge in [0.1, 0.15) is 12.2 Å². The summed E-state index contributed by atoms with van der Waals surface area (Å²) < 4.78 is 1.89. The van der Waals surface area contributed by atoms with Crippen molar-refractivity contribution in [2.24, 2.45) is 0 Å². The van der Waals surface area contributed by atoms with Crippen LogP contribution in [0.15, 0.2) is 53.7 Å². The number of aromatic nitrogens is 3. The third-order valence-corrected chi connectivity index (χ3v) is 5.60. The lowest BCUT2D eigenvalue weighted by molar-refractivity contribution is -0.115. The standard InChI is InChI=1S/C19H18N4OS/c1-12-6-7-14-9-18(25-17(14)8-12)19(24)21-15-4-3-5-16(10-15)23-11-20-22-13(23)2/h3-8,10-11,18H,9H2,1-2H3,(H,21,24). The highest BCUT2D eigenvalue weighted by molar-refractivity contribution is 8.01. The van der Waals surface area contributed by atoms with Gasteiger partial charge in [0.25, 0.3) is 0 Å². The Balaban J connectivity index is 1.50. The summed E-state index contributed by atoms with van der Waals surface area (Å²) in [6.07, 6.45) is 2.44. The van der Waals surface area contributed by atoms with E-state index in [9.17, 15) is 4.79 Å². The topological polar surface area (TPSA) is 59.8 Å². The highest BCUT2D eigenvalue weighted by Gasteiger charge is 2.28. The first-order valence-corrected chi connectivity index (χ1v) is 9.02. The van der Waals surface area contributed by atoms with Crippen molar-refractivity contribution in [2.75, 3.05) is 5.32 Å². The van der Waals surface area contributed by atoms with Gasteiger partial charge in [0.15, 0.2) is 0 Å². The fourth-order valence-corrected chi connectivity index (χ4v) is 4.28. The molecule has 0 radical (unpaired) electrons. The van der Waals surface area contributed by atoms with E-state index in [1.807, 2.05) is 35.8 Å². The summed E-state index contributed by atoms with van der Waals surface area (Å²) in [7, 11) is 0. The van der Waals surface area contributed by atoms with Gasteiger partial charge in [-0.25, -0.2) is 0 Å². The minimum atomic E-state index is -0.0860. The lowest BCUT2D eigenvalue weighted by atomic mass is 10.1. The van der Waals surface area contributed by atoms with Crippen LogP contribution in [0.2, 0.25) is 0 Å². The van der Waals surface area contributed by atoms with Crippen LogP contribution in [0, 0.1) is 13.8 Å². The Bertz CT molecular complexity index is 950. The van der Waals surface area contributed by atoms with E-state index in [1.54, 1.807) is 18.1 Å². The molecule has 1 N–H and O–H groups in total. The molecule has 0 aliphatic carbocycles. The molecule has 0 saturated heterocycles. The molecular weight excluding hydrogens is 332 g/mol. The monoisotopic (exact) mass is 350 g/mol. The summed E-state index contributed by atoms with van der Waals surface area (Å²) in [5.41, 5.74) is 4.19. The number of carbonyl (C=O) groups is 1. The Hall–Kier alpha value is -2.60. The molecule has 4 rings (SSSR count). The summed E-state index contributed by atoms with van der Waals surface area (Å²) in [5, 5.41) is 10.9. The molecule has 0 bridgehead atoms. The van der Waals surface area contributed by atoms with Gasteiger partial charge in [0, 0.05) is 10.6 Å². The number of benzene rings is 2. The zero-order valence-corrected chi connectivity index (χ0v) is 14.9. The molecule has 1 amide bonds. The molecule has 5 nitrogen and oxygen atoms in total. The Morgan fingerprint density at radius 3 is 2.92 bits per heavy atom. The van der Waals surface area contributed by atoms with E-state index in [0.717, 1.165) is 23.6 Å². The van der Waals surface area contributed by atoms with E-state index in [1.165, 1.54) is 16.0 Å². The predicted molar refractivity (Wildman–Crippen MR) is 99.3 cm³/mol. The number of carbonyl (C=O) groups excluding carboxylic acids is 1. The molecule has 1 aliphatic rings. The molecule has 1 aromatic heterocycles. The van der Waals surface area contributed by atoms with E-state index < -0.39 is 0 Å². The van der Waals surface area contributed by atoms with Gasteiger partial charge in [0.05, 0.1) is 10.9 Å². The summed E-state index contributed by atoms with van der Waals surface area (Å²) in [5.74, 6) is 0.845. The van der Waals surface area contributed by atoms with Crippen LogP contribution in [-0.2, 0) is 11.2 Å². The normalized spacial score (nSPS) is 15.8. The molecule has 126 valence electrons. The fourth-order valence-electron chi connectivity index (χ4n) is 2.98. The van der Waals surface area contributed by atoms with Gasteiger partial charge in [-0.3, -0.25) is 9.36 Å². The summed E-state index contributed by atoms with van der Waals surface area (Å²) >= 11 is 1.64. The maximum Gasteiger partial charge on any atom is 0.238 e. The molecule has 2 aromatic carbocycles. The molecule has 25 heavy (non-hydrogen) atoms. The van der Waals surface area contributed by atoms with Crippen LogP contribution >= 0.6 is 11.8 Å². The maximum atomic E-state index is 12.7. The summed E-state index contributed by atoms with van der Waals surface area (Å²) in [6.45, 7) is 3.97. The number of amides is 1. The van der Waals surface area contributed by atoms with Crippen molar-refractivity contribution in [3.63, 3.8) is 0 Å². The highest BCUT2D eigenvalue weighted by Crippen LogP contribution is 2.38. The largest absolute Gasteiger partial charge is 0.325 e. The maximum absolute atomic E-state index is 12.7. The number of rotatable bonds is 3. The van der Waals surface area contributed by atoms with Gasteiger partial charge in [-0.1, -0.05) is 23.8 Å². The van der Waals surface area contributed by atoms with Gasteiger partial charge >= 0.3 is 0 Å². The summed E-state index contributed by atoms with van der Waals surface area (Å²) in [4.78, 5) is 13.9. The van der Waals surface area contributed by atoms with Crippen LogP contribution in [0.1, 0.15) is 17.0 Å². The Morgan fingerprint density at radius 2 is 2.12 bits per heavy atom. The second kappa shape index (κ2) is 6.37. The third-order valence-electron chi connectivity index (χ3n) is 4.30. The first-order valence-electron chi connectivity index (χ1n) is 8.14. The predicted octanol–water partition coefficient (Wildman–Crippen LogP) is 3.54. The van der Waals surface area contributed by atoms with Gasteiger partial charge in [-0.05, 0) is 50.1 Å². The van der Waals surface area contributed by atoms with Crippen LogP contribution < -0.4 is 5.32 Å². The Labute approximate surface area is 150 Å². The quantitative estimate of drug-likeness (QED) is 0.785. The van der Waals surface area contributed by atoms with Gasteiger partial charge in [-0.15, -0.1) is 22.0 Å². The first-order chi connectivity index (χ1) is 12.1. The van der Waals surface area contributed by atoms with Crippen molar-refractivity contribution in [2.45, 2.75) is 30.4 Å². The second-order valence-electron chi connectivity index (χ2n) is 6.21. The minimum absolute atomic E-state index is 0.0384. The lowest BCUT2D eigenvalue weighted by Gasteiger charge is -2.11. The third kappa shape index (κ3) is 3.17. The van der Waals surface area contributed by atoms with Crippen molar-refractivity contribution in [3.05, 3.63) is 65.7 Å². The average Bonchev–Trinajstić information content (AvgIpc) is 3.20. The van der Waals surface area contributed by atoms with Gasteiger partial charge in [0.2, 0.25) is 5.91 Å². The summed E-state index contributed by atoms with van der Waals surface area (Å²) in [6, 6.07) is 14.1. The van der Waals surface area contributed by atoms with Gasteiger partial charge in [-0.2, -0.15) is 0 Å². The minimum Gasteiger partial charge on any atom is -0.325 e. The number of aryl methyl sites for hydroxylation is 2. The molecule has 0 fully saturated rings. The molecule has 1 aliphatic heterocycles. The van der Waals surface area contributed by atoms with E-state index >= 15 is 0 Å². The Morgan fingerprint density at radius 1 is 1.24 bits per heavy atom. The number of nitrogens with zero attached hydrogens (tertiary/aromatic N) is 3. The van der Waals surface area contributed by atoms with Gasteiger partial charge < -0.3 is 5.32 Å². The number of anilines is 1. The molecule has 6 heteroatoms. The van der Waals surface area contributed by atoms with Crippen molar-refractivity contribution < 1.29 is 4.79 Å². The fraction of sp³-hybridized carbons (Fsp3) is 0.211. The van der Waals surface area contributed by atoms with Crippen molar-refractivity contribution in [3.8, 4) is 5.69 Å². The number of nitrogens with one attached hydrogen (secondary N) is 1. The number of hydrogen-bond acceptors (Lipinski definition) is 4. The van der Waals surface area contributed by atoms with Crippen LogP contribution in [0.5, 0.6) is 0 Å². The SMILES string of the molecule is Cc1ccc2c(c1)SC(C(=O)Nc1cccc(-n3cnnc3C)c1)C2. The number of fused-ring (bicyclic) bond motifs is 1. The molecule has 1 atom stereocenters. The first kappa shape index (κ1) is 15.9. The smallest absolute Gasteiger partial charge is 0.238 e. The van der Waals surface area contributed by atoms with Crippen LogP contribution in [-0.4, -0.2) is 25.9 Å². The van der Waals surface area contributed by atoms with Crippen molar-refractivity contribution >= 4 is 23.4 Å².